The van der Waals surface area contributed by atoms with Crippen molar-refractivity contribution in [3.63, 3.8) is 0 Å². The number of rotatable bonds is 68. The molecule has 6 heteroatoms. The molecular weight excluding hydrogens is 959 g/mol. The summed E-state index contributed by atoms with van der Waals surface area (Å²) in [6.07, 6.45) is 84.1. The zero-order valence-electron chi connectivity index (χ0n) is 53.2. The van der Waals surface area contributed by atoms with Crippen LogP contribution in [0.15, 0.2) is 12.2 Å². The van der Waals surface area contributed by atoms with Gasteiger partial charge < -0.3 is 20.3 Å². The minimum atomic E-state index is -0.664. The highest BCUT2D eigenvalue weighted by Gasteiger charge is 2.20. The minimum Gasteiger partial charge on any atom is -0.466 e. The number of carbonyl (C=O) groups excluding carboxylic acids is 2. The number of aliphatic hydroxyl groups is 2. The zero-order valence-corrected chi connectivity index (χ0v) is 53.2. The summed E-state index contributed by atoms with van der Waals surface area (Å²) in [5, 5.41) is 23.4. The van der Waals surface area contributed by atoms with E-state index < -0.39 is 12.1 Å². The van der Waals surface area contributed by atoms with E-state index in [0.717, 1.165) is 38.5 Å². The van der Waals surface area contributed by atoms with Crippen LogP contribution in [0.5, 0.6) is 0 Å². The van der Waals surface area contributed by atoms with E-state index in [0.29, 0.717) is 25.9 Å². The summed E-state index contributed by atoms with van der Waals surface area (Å²) in [5.74, 6) is -0.0119. The summed E-state index contributed by atoms with van der Waals surface area (Å²) in [5.41, 5.74) is 0. The number of ether oxygens (including phenoxy) is 1. The van der Waals surface area contributed by atoms with Crippen molar-refractivity contribution >= 4 is 11.9 Å². The minimum absolute atomic E-state index is 0.0172. The first kappa shape index (κ1) is 76.6. The van der Waals surface area contributed by atoms with Gasteiger partial charge in [-0.25, -0.2) is 0 Å². The second kappa shape index (κ2) is 68.1. The van der Waals surface area contributed by atoms with Crippen molar-refractivity contribution in [2.75, 3.05) is 13.2 Å². The maximum Gasteiger partial charge on any atom is 0.305 e. The van der Waals surface area contributed by atoms with Crippen molar-refractivity contribution in [2.24, 2.45) is 0 Å². The number of esters is 1. The van der Waals surface area contributed by atoms with E-state index in [1.165, 1.54) is 340 Å². The van der Waals surface area contributed by atoms with Gasteiger partial charge in [0.25, 0.3) is 0 Å². The van der Waals surface area contributed by atoms with Crippen LogP contribution in [0, 0.1) is 0 Å². The summed E-state index contributed by atoms with van der Waals surface area (Å²) in [4.78, 5) is 24.6. The molecule has 0 heterocycles. The lowest BCUT2D eigenvalue weighted by molar-refractivity contribution is -0.143. The van der Waals surface area contributed by atoms with Crippen LogP contribution in [-0.4, -0.2) is 47.4 Å². The van der Waals surface area contributed by atoms with Crippen molar-refractivity contribution in [3.05, 3.63) is 12.2 Å². The number of hydrogen-bond acceptors (Lipinski definition) is 5. The molecule has 78 heavy (non-hydrogen) atoms. The second-order valence-corrected chi connectivity index (χ2v) is 24.9. The van der Waals surface area contributed by atoms with E-state index in [9.17, 15) is 19.8 Å². The standard InChI is InChI=1S/C72H141NO5/c1-3-5-7-9-11-13-15-16-17-18-19-29-32-35-38-41-45-48-52-56-60-64-70(75)69(68-74)73-71(76)65-61-57-53-49-46-42-39-36-33-30-27-25-23-21-20-22-24-26-28-31-34-37-40-43-47-51-55-59-63-67-78-72(77)66-62-58-54-50-44-14-12-10-8-6-4-2/h20,22,69-70,74-75H,3-19,21,23-68H2,1-2H3,(H,73,76)/b22-20-. The molecule has 0 saturated carbocycles. The monoisotopic (exact) mass is 1100 g/mol. The van der Waals surface area contributed by atoms with Gasteiger partial charge in [-0.05, 0) is 51.4 Å². The average molecular weight is 1100 g/mol. The molecule has 0 fully saturated rings. The Morgan fingerprint density at radius 1 is 0.346 bits per heavy atom. The Morgan fingerprint density at radius 2 is 0.603 bits per heavy atom. The number of allylic oxidation sites excluding steroid dienone is 2. The molecule has 0 bridgehead atoms. The van der Waals surface area contributed by atoms with E-state index in [1.54, 1.807) is 0 Å². The molecule has 1 amide bonds. The lowest BCUT2D eigenvalue weighted by Crippen LogP contribution is -2.45. The Labute approximate surface area is 489 Å². The number of carbonyl (C=O) groups is 2. The van der Waals surface area contributed by atoms with E-state index in [1.807, 2.05) is 0 Å². The quantitative estimate of drug-likeness (QED) is 0.0320. The highest BCUT2D eigenvalue weighted by Crippen LogP contribution is 2.19. The van der Waals surface area contributed by atoms with Crippen LogP contribution < -0.4 is 5.32 Å². The maximum absolute atomic E-state index is 12.5. The van der Waals surface area contributed by atoms with Crippen molar-refractivity contribution in [1.29, 1.82) is 0 Å². The summed E-state index contributed by atoms with van der Waals surface area (Å²) < 4.78 is 5.47. The molecule has 3 N–H and O–H groups in total. The van der Waals surface area contributed by atoms with Crippen molar-refractivity contribution in [3.8, 4) is 0 Å². The lowest BCUT2D eigenvalue weighted by Gasteiger charge is -2.22. The molecule has 6 nitrogen and oxygen atoms in total. The molecule has 0 aromatic heterocycles. The average Bonchev–Trinajstić information content (AvgIpc) is 3.44. The highest BCUT2D eigenvalue weighted by atomic mass is 16.5. The lowest BCUT2D eigenvalue weighted by atomic mass is 10.0. The van der Waals surface area contributed by atoms with Gasteiger partial charge in [-0.3, -0.25) is 9.59 Å². The first-order valence-electron chi connectivity index (χ1n) is 35.9. The Balaban J connectivity index is 3.37. The molecule has 464 valence electrons. The second-order valence-electron chi connectivity index (χ2n) is 24.9. The molecule has 0 spiro atoms. The van der Waals surface area contributed by atoms with Gasteiger partial charge in [-0.1, -0.05) is 360 Å². The summed E-state index contributed by atoms with van der Waals surface area (Å²) >= 11 is 0. The van der Waals surface area contributed by atoms with Gasteiger partial charge in [-0.2, -0.15) is 0 Å². The highest BCUT2D eigenvalue weighted by molar-refractivity contribution is 5.76. The zero-order chi connectivity index (χ0) is 56.4. The Hall–Kier alpha value is -1.40. The molecule has 0 aliphatic carbocycles. The number of amides is 1. The smallest absolute Gasteiger partial charge is 0.305 e. The predicted molar refractivity (Wildman–Crippen MR) is 343 cm³/mol. The fraction of sp³-hybridized carbons (Fsp3) is 0.944. The maximum atomic E-state index is 12.5. The fourth-order valence-electron chi connectivity index (χ4n) is 11.6. The molecule has 0 radical (unpaired) electrons. The van der Waals surface area contributed by atoms with Crippen molar-refractivity contribution in [2.45, 2.75) is 424 Å². The Morgan fingerprint density at radius 3 is 0.910 bits per heavy atom. The van der Waals surface area contributed by atoms with Crippen LogP contribution in [0.25, 0.3) is 0 Å². The van der Waals surface area contributed by atoms with E-state index in [2.05, 4.69) is 31.3 Å². The summed E-state index contributed by atoms with van der Waals surface area (Å²) in [7, 11) is 0. The third kappa shape index (κ3) is 63.8. The van der Waals surface area contributed by atoms with Crippen LogP contribution >= 0.6 is 0 Å². The number of hydrogen-bond donors (Lipinski definition) is 3. The van der Waals surface area contributed by atoms with E-state index >= 15 is 0 Å². The summed E-state index contributed by atoms with van der Waals surface area (Å²) in [6.45, 7) is 4.99. The van der Waals surface area contributed by atoms with E-state index in [4.69, 9.17) is 4.74 Å². The molecule has 0 aromatic carbocycles. The molecular formula is C72H141NO5. The van der Waals surface area contributed by atoms with Gasteiger partial charge in [0.2, 0.25) is 5.91 Å². The predicted octanol–water partition coefficient (Wildman–Crippen LogP) is 23.1. The fourth-order valence-corrected chi connectivity index (χ4v) is 11.6. The third-order valence-corrected chi connectivity index (χ3v) is 17.1. The topological polar surface area (TPSA) is 95.9 Å². The molecule has 2 unspecified atom stereocenters. The van der Waals surface area contributed by atoms with Crippen LogP contribution in [-0.2, 0) is 14.3 Å². The van der Waals surface area contributed by atoms with Gasteiger partial charge in [0.1, 0.15) is 0 Å². The van der Waals surface area contributed by atoms with Gasteiger partial charge in [-0.15, -0.1) is 0 Å². The molecule has 0 aliphatic rings. The van der Waals surface area contributed by atoms with Gasteiger partial charge in [0.15, 0.2) is 0 Å². The van der Waals surface area contributed by atoms with Crippen LogP contribution in [0.1, 0.15) is 412 Å². The van der Waals surface area contributed by atoms with Crippen molar-refractivity contribution < 1.29 is 24.5 Å². The molecule has 0 aromatic rings. The first-order valence-corrected chi connectivity index (χ1v) is 35.9. The van der Waals surface area contributed by atoms with E-state index in [-0.39, 0.29) is 18.5 Å². The van der Waals surface area contributed by atoms with Crippen LogP contribution in [0.3, 0.4) is 0 Å². The number of nitrogens with one attached hydrogen (secondary N) is 1. The molecule has 2 atom stereocenters. The number of unbranched alkanes of at least 4 members (excludes halogenated alkanes) is 55. The summed E-state index contributed by atoms with van der Waals surface area (Å²) in [6, 6.07) is -0.541. The van der Waals surface area contributed by atoms with Crippen LogP contribution in [0.4, 0.5) is 0 Å². The van der Waals surface area contributed by atoms with Crippen molar-refractivity contribution in [1.82, 2.24) is 5.32 Å². The van der Waals surface area contributed by atoms with Gasteiger partial charge in [0.05, 0.1) is 25.4 Å². The normalized spacial score (nSPS) is 12.5. The molecule has 0 aliphatic heterocycles. The Bertz CT molecular complexity index is 1180. The molecule has 0 rings (SSSR count). The number of aliphatic hydroxyl groups excluding tert-OH is 2. The van der Waals surface area contributed by atoms with Gasteiger partial charge >= 0.3 is 5.97 Å². The largest absolute Gasteiger partial charge is 0.466 e. The third-order valence-electron chi connectivity index (χ3n) is 17.1. The van der Waals surface area contributed by atoms with Crippen LogP contribution in [0.2, 0.25) is 0 Å². The first-order chi connectivity index (χ1) is 38.5. The Kier molecular flexibility index (Phi) is 66.9. The van der Waals surface area contributed by atoms with Gasteiger partial charge in [0, 0.05) is 12.8 Å². The molecule has 0 saturated heterocycles. The SMILES string of the molecule is CCCCCCCCCCCCCCCCCCCCCCCC(O)C(CO)NC(=O)CCCCCCCCCCCCCCC/C=C\CCCCCCCCCCCCCCOC(=O)CCCCCCCCCCCCC.